The van der Waals surface area contributed by atoms with E-state index < -0.39 is 10.8 Å². The SMILES string of the molecule is COc1cc([N+](=O)[O-])ccc1NC(=O)/C(C#N)=C\NCC1CCCO1. The molecular formula is C16H18N4O5. The first kappa shape index (κ1) is 18.2. The second-order valence-corrected chi connectivity index (χ2v) is 5.31. The van der Waals surface area contributed by atoms with Crippen LogP contribution in [0.1, 0.15) is 12.8 Å². The molecule has 9 heteroatoms. The van der Waals surface area contributed by atoms with E-state index in [0.29, 0.717) is 6.54 Å². The summed E-state index contributed by atoms with van der Waals surface area (Å²) in [5, 5.41) is 25.3. The molecule has 2 rings (SSSR count). The van der Waals surface area contributed by atoms with Gasteiger partial charge in [0.2, 0.25) is 0 Å². The van der Waals surface area contributed by atoms with Gasteiger partial charge in [-0.3, -0.25) is 14.9 Å². The summed E-state index contributed by atoms with van der Waals surface area (Å²) in [5.74, 6) is -0.512. The predicted molar refractivity (Wildman–Crippen MR) is 89.0 cm³/mol. The number of ether oxygens (including phenoxy) is 2. The molecule has 1 aliphatic heterocycles. The number of hydrogen-bond donors (Lipinski definition) is 2. The van der Waals surface area contributed by atoms with Crippen LogP contribution in [0.15, 0.2) is 30.0 Å². The maximum Gasteiger partial charge on any atom is 0.273 e. The average molecular weight is 346 g/mol. The van der Waals surface area contributed by atoms with Gasteiger partial charge in [0, 0.05) is 25.4 Å². The Bertz CT molecular complexity index is 720. The molecule has 0 aliphatic carbocycles. The van der Waals surface area contributed by atoms with Gasteiger partial charge in [0.25, 0.3) is 11.6 Å². The van der Waals surface area contributed by atoms with Crippen LogP contribution in [0.2, 0.25) is 0 Å². The van der Waals surface area contributed by atoms with Crippen LogP contribution in [-0.2, 0) is 9.53 Å². The number of nitro benzene ring substituents is 1. The number of hydrogen-bond acceptors (Lipinski definition) is 7. The number of nitrogens with zero attached hydrogens (tertiary/aromatic N) is 2. The molecular weight excluding hydrogens is 328 g/mol. The van der Waals surface area contributed by atoms with Crippen molar-refractivity contribution in [3.05, 3.63) is 40.1 Å². The summed E-state index contributed by atoms with van der Waals surface area (Å²) in [4.78, 5) is 22.4. The number of nitrogens with one attached hydrogen (secondary N) is 2. The summed E-state index contributed by atoms with van der Waals surface area (Å²) in [5.41, 5.74) is -0.0547. The van der Waals surface area contributed by atoms with Gasteiger partial charge in [0.05, 0.1) is 29.9 Å². The maximum atomic E-state index is 12.2. The summed E-state index contributed by atoms with van der Waals surface area (Å²) in [6.07, 6.45) is 3.35. The molecule has 25 heavy (non-hydrogen) atoms. The molecule has 1 amide bonds. The van der Waals surface area contributed by atoms with Gasteiger partial charge in [-0.2, -0.15) is 5.26 Å². The van der Waals surface area contributed by atoms with Gasteiger partial charge >= 0.3 is 0 Å². The van der Waals surface area contributed by atoms with Gasteiger partial charge in [-0.1, -0.05) is 0 Å². The molecule has 0 bridgehead atoms. The molecule has 1 atom stereocenters. The summed E-state index contributed by atoms with van der Waals surface area (Å²) < 4.78 is 10.5. The second-order valence-electron chi connectivity index (χ2n) is 5.31. The number of carbonyl (C=O) groups is 1. The summed E-state index contributed by atoms with van der Waals surface area (Å²) in [7, 11) is 1.33. The minimum absolute atomic E-state index is 0.0778. The lowest BCUT2D eigenvalue weighted by atomic mass is 10.2. The van der Waals surface area contributed by atoms with Gasteiger partial charge < -0.3 is 20.1 Å². The predicted octanol–water partition coefficient (Wildman–Crippen LogP) is 1.72. The van der Waals surface area contributed by atoms with Crippen LogP contribution in [0.25, 0.3) is 0 Å². The molecule has 132 valence electrons. The number of non-ortho nitro benzene ring substituents is 1. The Morgan fingerprint density at radius 2 is 2.40 bits per heavy atom. The lowest BCUT2D eigenvalue weighted by Crippen LogP contribution is -2.24. The Kier molecular flexibility index (Phi) is 6.31. The van der Waals surface area contributed by atoms with Crippen molar-refractivity contribution < 1.29 is 19.2 Å². The van der Waals surface area contributed by atoms with E-state index in [4.69, 9.17) is 14.7 Å². The molecule has 1 saturated heterocycles. The zero-order chi connectivity index (χ0) is 18.2. The van der Waals surface area contributed by atoms with Gasteiger partial charge in [-0.05, 0) is 18.9 Å². The zero-order valence-corrected chi connectivity index (χ0v) is 13.7. The van der Waals surface area contributed by atoms with Crippen LogP contribution in [0.3, 0.4) is 0 Å². The highest BCUT2D eigenvalue weighted by Crippen LogP contribution is 2.29. The van der Waals surface area contributed by atoms with Crippen molar-refractivity contribution >= 4 is 17.3 Å². The number of benzene rings is 1. The number of nitriles is 1. The number of methoxy groups -OCH3 is 1. The first-order valence-corrected chi connectivity index (χ1v) is 7.64. The highest BCUT2D eigenvalue weighted by Gasteiger charge is 2.17. The first-order valence-electron chi connectivity index (χ1n) is 7.64. The van der Waals surface area contributed by atoms with E-state index in [1.165, 1.54) is 31.5 Å². The van der Waals surface area contributed by atoms with Crippen molar-refractivity contribution in [3.63, 3.8) is 0 Å². The maximum absolute atomic E-state index is 12.2. The average Bonchev–Trinajstić information content (AvgIpc) is 3.12. The van der Waals surface area contributed by atoms with E-state index in [1.54, 1.807) is 0 Å². The Morgan fingerprint density at radius 3 is 3.00 bits per heavy atom. The third-order valence-corrected chi connectivity index (χ3v) is 3.63. The van der Waals surface area contributed by atoms with Gasteiger partial charge in [0.1, 0.15) is 17.4 Å². The summed E-state index contributed by atoms with van der Waals surface area (Å²) in [6, 6.07) is 5.60. The minimum Gasteiger partial charge on any atom is -0.494 e. The van der Waals surface area contributed by atoms with E-state index in [1.807, 2.05) is 6.07 Å². The number of amides is 1. The molecule has 1 heterocycles. The van der Waals surface area contributed by atoms with Crippen molar-refractivity contribution in [2.75, 3.05) is 25.6 Å². The smallest absolute Gasteiger partial charge is 0.273 e. The quantitative estimate of drug-likeness (QED) is 0.333. The van der Waals surface area contributed by atoms with Gasteiger partial charge in [-0.25, -0.2) is 0 Å². The van der Waals surface area contributed by atoms with Crippen molar-refractivity contribution in [2.24, 2.45) is 0 Å². The third-order valence-electron chi connectivity index (χ3n) is 3.63. The van der Waals surface area contributed by atoms with Gasteiger partial charge in [-0.15, -0.1) is 0 Å². The fourth-order valence-electron chi connectivity index (χ4n) is 2.33. The first-order chi connectivity index (χ1) is 12.0. The minimum atomic E-state index is -0.644. The molecule has 1 fully saturated rings. The number of rotatable bonds is 7. The molecule has 2 N–H and O–H groups in total. The molecule has 0 radical (unpaired) electrons. The number of carbonyl (C=O) groups excluding carboxylic acids is 1. The van der Waals surface area contributed by atoms with Crippen molar-refractivity contribution in [3.8, 4) is 11.8 Å². The molecule has 1 unspecified atom stereocenters. The van der Waals surface area contributed by atoms with Crippen LogP contribution in [0.4, 0.5) is 11.4 Å². The Hall–Kier alpha value is -3.12. The van der Waals surface area contributed by atoms with Crippen molar-refractivity contribution in [1.29, 1.82) is 5.26 Å². The summed E-state index contributed by atoms with van der Waals surface area (Å²) in [6.45, 7) is 1.24. The number of nitro groups is 1. The zero-order valence-electron chi connectivity index (χ0n) is 13.7. The topological polar surface area (TPSA) is 127 Å². The fraction of sp³-hybridized carbons (Fsp3) is 0.375. The molecule has 0 spiro atoms. The normalized spacial score (nSPS) is 16.8. The lowest BCUT2D eigenvalue weighted by Gasteiger charge is -2.11. The van der Waals surface area contributed by atoms with Crippen molar-refractivity contribution in [2.45, 2.75) is 18.9 Å². The third kappa shape index (κ3) is 4.92. The molecule has 1 aliphatic rings. The van der Waals surface area contributed by atoms with E-state index in [0.717, 1.165) is 19.4 Å². The fourth-order valence-corrected chi connectivity index (χ4v) is 2.33. The molecule has 0 saturated carbocycles. The molecule has 9 nitrogen and oxygen atoms in total. The molecule has 0 aromatic heterocycles. The van der Waals surface area contributed by atoms with E-state index >= 15 is 0 Å². The molecule has 1 aromatic rings. The standard InChI is InChI=1S/C16H18N4O5/c1-24-15-7-12(20(22)23)4-5-14(15)19-16(21)11(8-17)9-18-10-13-3-2-6-25-13/h4-5,7,9,13,18H,2-3,6,10H2,1H3,(H,19,21)/b11-9-. The van der Waals surface area contributed by atoms with Gasteiger partial charge in [0.15, 0.2) is 0 Å². The Morgan fingerprint density at radius 1 is 1.60 bits per heavy atom. The largest absolute Gasteiger partial charge is 0.494 e. The highest BCUT2D eigenvalue weighted by atomic mass is 16.6. The van der Waals surface area contributed by atoms with Crippen LogP contribution in [-0.4, -0.2) is 37.2 Å². The Labute approximate surface area is 144 Å². The second kappa shape index (κ2) is 8.65. The number of anilines is 1. The monoisotopic (exact) mass is 346 g/mol. The highest BCUT2D eigenvalue weighted by molar-refractivity contribution is 6.07. The molecule has 1 aromatic carbocycles. The van der Waals surface area contributed by atoms with Crippen LogP contribution >= 0.6 is 0 Å². The van der Waals surface area contributed by atoms with Crippen LogP contribution < -0.4 is 15.4 Å². The van der Waals surface area contributed by atoms with Crippen molar-refractivity contribution in [1.82, 2.24) is 5.32 Å². The van der Waals surface area contributed by atoms with E-state index in [-0.39, 0.29) is 28.8 Å². The summed E-state index contributed by atoms with van der Waals surface area (Å²) >= 11 is 0. The van der Waals surface area contributed by atoms with Crippen LogP contribution in [0.5, 0.6) is 5.75 Å². The lowest BCUT2D eigenvalue weighted by molar-refractivity contribution is -0.384. The Balaban J connectivity index is 2.03. The van der Waals surface area contributed by atoms with E-state index in [2.05, 4.69) is 10.6 Å². The van der Waals surface area contributed by atoms with E-state index in [9.17, 15) is 14.9 Å². The van der Waals surface area contributed by atoms with Crippen LogP contribution in [0, 0.1) is 21.4 Å².